The molecule has 2 aliphatic rings. The first-order valence-electron chi connectivity index (χ1n) is 13.7. The first kappa shape index (κ1) is 26.8. The van der Waals surface area contributed by atoms with Gasteiger partial charge in [0.15, 0.2) is 0 Å². The van der Waals surface area contributed by atoms with Crippen LogP contribution in [0.15, 0.2) is 59.6 Å². The number of benzene rings is 2. The minimum Gasteiger partial charge on any atom is -0.340 e. The lowest BCUT2D eigenvalue weighted by Gasteiger charge is -2.26. The van der Waals surface area contributed by atoms with Crippen LogP contribution in [0, 0.1) is 17.8 Å². The summed E-state index contributed by atoms with van der Waals surface area (Å²) >= 11 is 3.64. The Morgan fingerprint density at radius 3 is 2.71 bits per heavy atom. The number of rotatable bonds is 7. The highest BCUT2D eigenvalue weighted by Gasteiger charge is 2.30. The summed E-state index contributed by atoms with van der Waals surface area (Å²) in [5.74, 6) is 8.26. The van der Waals surface area contributed by atoms with Crippen LogP contribution in [0.3, 0.4) is 0 Å². The van der Waals surface area contributed by atoms with Gasteiger partial charge < -0.3 is 15.6 Å². The molecule has 0 radical (unpaired) electrons. The first-order chi connectivity index (χ1) is 18.6. The van der Waals surface area contributed by atoms with Crippen LogP contribution in [0.5, 0.6) is 0 Å². The molecule has 3 aromatic rings. The largest absolute Gasteiger partial charge is 0.340 e. The molecule has 0 spiro atoms. The van der Waals surface area contributed by atoms with E-state index in [2.05, 4.69) is 96.4 Å². The number of aromatic amines is 1. The Morgan fingerprint density at radius 2 is 2.03 bits per heavy atom. The van der Waals surface area contributed by atoms with Gasteiger partial charge in [0.05, 0.1) is 22.8 Å². The molecular formula is C31H37BrN6. The van der Waals surface area contributed by atoms with Crippen molar-refractivity contribution in [1.29, 1.82) is 0 Å². The van der Waals surface area contributed by atoms with Crippen molar-refractivity contribution in [3.8, 4) is 11.8 Å². The lowest BCUT2D eigenvalue weighted by molar-refractivity contribution is 0.354. The van der Waals surface area contributed by atoms with Crippen LogP contribution < -0.4 is 10.6 Å². The first-order valence-corrected chi connectivity index (χ1v) is 14.4. The van der Waals surface area contributed by atoms with Gasteiger partial charge in [-0.05, 0) is 87.1 Å². The molecular weight excluding hydrogens is 536 g/mol. The number of aromatic nitrogens is 2. The van der Waals surface area contributed by atoms with E-state index in [1.54, 1.807) is 0 Å². The molecule has 2 saturated heterocycles. The number of H-pyrrole nitrogens is 1. The average molecular weight is 574 g/mol. The number of halogens is 1. The normalized spacial score (nSPS) is 21.4. The van der Waals surface area contributed by atoms with Gasteiger partial charge in [-0.3, -0.25) is 4.99 Å². The van der Waals surface area contributed by atoms with Crippen molar-refractivity contribution in [3.63, 3.8) is 0 Å². The topological polar surface area (TPSA) is 68.3 Å². The molecule has 0 saturated carbocycles. The summed E-state index contributed by atoms with van der Waals surface area (Å²) in [5, 5.41) is 7.28. The molecule has 2 aromatic carbocycles. The van der Waals surface area contributed by atoms with E-state index in [0.717, 1.165) is 78.3 Å². The predicted molar refractivity (Wildman–Crippen MR) is 161 cm³/mol. The molecule has 2 fully saturated rings. The number of piperidine rings is 1. The summed E-state index contributed by atoms with van der Waals surface area (Å²) in [6.45, 7) is 10.7. The number of nitrogens with zero attached hydrogens (tertiary/aromatic N) is 3. The van der Waals surface area contributed by atoms with Crippen molar-refractivity contribution in [2.45, 2.75) is 44.7 Å². The van der Waals surface area contributed by atoms with Crippen molar-refractivity contribution in [3.05, 3.63) is 77.1 Å². The van der Waals surface area contributed by atoms with Crippen molar-refractivity contribution in [2.24, 2.45) is 10.9 Å². The molecule has 1 aromatic heterocycles. The van der Waals surface area contributed by atoms with E-state index in [1.165, 1.54) is 18.4 Å². The zero-order valence-corrected chi connectivity index (χ0v) is 23.9. The van der Waals surface area contributed by atoms with E-state index in [9.17, 15) is 0 Å². The third-order valence-corrected chi connectivity index (χ3v) is 8.40. The van der Waals surface area contributed by atoms with Crippen molar-refractivity contribution in [1.82, 2.24) is 24.5 Å². The van der Waals surface area contributed by atoms with E-state index < -0.39 is 0 Å². The van der Waals surface area contributed by atoms with Gasteiger partial charge >= 0.3 is 0 Å². The zero-order chi connectivity index (χ0) is 26.5. The van der Waals surface area contributed by atoms with Crippen molar-refractivity contribution >= 4 is 32.9 Å². The highest BCUT2D eigenvalue weighted by atomic mass is 79.9. The maximum absolute atomic E-state index is 4.79. The maximum atomic E-state index is 4.79. The lowest BCUT2D eigenvalue weighted by atomic mass is 9.96. The summed E-state index contributed by atoms with van der Waals surface area (Å²) in [6.07, 6.45) is 4.54. The van der Waals surface area contributed by atoms with E-state index in [4.69, 9.17) is 4.98 Å². The molecule has 0 bridgehead atoms. The van der Waals surface area contributed by atoms with Crippen molar-refractivity contribution < 1.29 is 0 Å². The monoisotopic (exact) mass is 572 g/mol. The number of hydrogen-bond donors (Lipinski definition) is 3. The number of imidazole rings is 1. The van der Waals surface area contributed by atoms with Crippen LogP contribution in [-0.2, 0) is 0 Å². The van der Waals surface area contributed by atoms with Gasteiger partial charge in [0.25, 0.3) is 0 Å². The minimum atomic E-state index is 0.0822. The van der Waals surface area contributed by atoms with Crippen LogP contribution in [-0.4, -0.2) is 58.9 Å². The van der Waals surface area contributed by atoms with Gasteiger partial charge in [-0.2, -0.15) is 0 Å². The summed E-state index contributed by atoms with van der Waals surface area (Å²) in [4.78, 5) is 12.9. The Morgan fingerprint density at radius 1 is 1.24 bits per heavy atom. The van der Waals surface area contributed by atoms with Crippen LogP contribution >= 0.6 is 16.1 Å². The average Bonchev–Trinajstić information content (AvgIpc) is 3.52. The molecule has 0 amide bonds. The van der Waals surface area contributed by atoms with Crippen LogP contribution in [0.1, 0.15) is 61.2 Å². The fraction of sp³-hybridized carbons (Fsp3) is 0.419. The lowest BCUT2D eigenvalue weighted by Crippen LogP contribution is -2.43. The molecule has 0 aliphatic carbocycles. The van der Waals surface area contributed by atoms with E-state index in [-0.39, 0.29) is 12.1 Å². The molecule has 3 heterocycles. The Labute approximate surface area is 234 Å². The number of hydrogen-bond acceptors (Lipinski definition) is 5. The van der Waals surface area contributed by atoms with Gasteiger partial charge in [0, 0.05) is 46.9 Å². The number of aliphatic imine (C=N–C) groups is 1. The number of fused-ring (bicyclic) bond motifs is 1. The molecule has 3 N–H and O–H groups in total. The highest BCUT2D eigenvalue weighted by Crippen LogP contribution is 2.37. The molecule has 3 atom stereocenters. The quantitative estimate of drug-likeness (QED) is 0.154. The van der Waals surface area contributed by atoms with E-state index in [1.807, 2.05) is 19.2 Å². The third kappa shape index (κ3) is 6.10. The second kappa shape index (κ2) is 12.4. The molecule has 198 valence electrons. The van der Waals surface area contributed by atoms with Gasteiger partial charge in [0.2, 0.25) is 0 Å². The summed E-state index contributed by atoms with van der Waals surface area (Å²) in [5.41, 5.74) is 7.32. The summed E-state index contributed by atoms with van der Waals surface area (Å²) < 4.78 is 2.11. The van der Waals surface area contributed by atoms with Crippen LogP contribution in [0.2, 0.25) is 0 Å². The fourth-order valence-corrected chi connectivity index (χ4v) is 6.13. The molecule has 2 aliphatic heterocycles. The molecule has 3 unspecified atom stereocenters. The Balaban J connectivity index is 1.26. The van der Waals surface area contributed by atoms with E-state index >= 15 is 0 Å². The van der Waals surface area contributed by atoms with Gasteiger partial charge in [-0.25, -0.2) is 8.91 Å². The maximum Gasteiger partial charge on any atom is 0.129 e. The molecule has 6 nitrogen and oxygen atoms in total. The summed E-state index contributed by atoms with van der Waals surface area (Å²) in [7, 11) is 1.89. The second-order valence-corrected chi connectivity index (χ2v) is 11.2. The van der Waals surface area contributed by atoms with Gasteiger partial charge in [-0.15, -0.1) is 0 Å². The molecule has 5 rings (SSSR count). The minimum absolute atomic E-state index is 0.0822. The number of nitrogens with one attached hydrogen (secondary N) is 3. The zero-order valence-electron chi connectivity index (χ0n) is 22.4. The van der Waals surface area contributed by atoms with Crippen LogP contribution in [0.25, 0.3) is 11.0 Å². The highest BCUT2D eigenvalue weighted by molar-refractivity contribution is 9.07. The second-order valence-electron chi connectivity index (χ2n) is 10.3. The Hall–Kier alpha value is -2.76. The fourth-order valence-electron chi connectivity index (χ4n) is 5.47. The molecule has 38 heavy (non-hydrogen) atoms. The predicted octanol–water partition coefficient (Wildman–Crippen LogP) is 5.36. The van der Waals surface area contributed by atoms with Crippen LogP contribution in [0.4, 0.5) is 0 Å². The SMILES string of the molecule is C=C1CCN(Br)C1c1nc2ccc(C#Cc3ccc(C(=NC)C(CC)NCC4CCCNC4)cc3)cc2[nH]1. The van der Waals surface area contributed by atoms with E-state index in [0.29, 0.717) is 5.92 Å². The Kier molecular flexibility index (Phi) is 8.75. The smallest absolute Gasteiger partial charge is 0.129 e. The molecule has 7 heteroatoms. The third-order valence-electron chi connectivity index (χ3n) is 7.64. The van der Waals surface area contributed by atoms with Gasteiger partial charge in [0.1, 0.15) is 5.82 Å². The Bertz CT molecular complexity index is 1360. The van der Waals surface area contributed by atoms with Crippen molar-refractivity contribution in [2.75, 3.05) is 33.2 Å². The standard InChI is InChI=1S/C31H37BrN6/c1-4-26(35-20-24-6-5-16-34-19-24)29(33-3)25-12-9-22(10-13-25)7-8-23-11-14-27-28(18-23)37-31(36-27)30-21(2)15-17-38(30)32/h9-14,18,24,26,30,34-35H,2,4-6,15-17,19-20H2,1,3H3,(H,36,37). The van der Waals surface area contributed by atoms with Gasteiger partial charge in [-0.1, -0.05) is 43.0 Å². The summed E-state index contributed by atoms with van der Waals surface area (Å²) in [6, 6.07) is 14.9.